The normalized spacial score (nSPS) is 15.6. The Bertz CT molecular complexity index is 1960. The van der Waals surface area contributed by atoms with Gasteiger partial charge < -0.3 is 29.7 Å². The molecule has 1 saturated heterocycles. The van der Waals surface area contributed by atoms with Gasteiger partial charge in [0, 0.05) is 18.5 Å². The summed E-state index contributed by atoms with van der Waals surface area (Å²) in [6.07, 6.45) is 1.87. The maximum atomic E-state index is 13.8. The highest BCUT2D eigenvalue weighted by Crippen LogP contribution is 2.42. The molecule has 1 atom stereocenters. The van der Waals surface area contributed by atoms with Gasteiger partial charge in [-0.3, -0.25) is 4.79 Å². The number of primary amides is 1. The van der Waals surface area contributed by atoms with E-state index in [-0.39, 0.29) is 34.6 Å². The topological polar surface area (TPSA) is 154 Å². The molecule has 248 valence electrons. The Kier molecular flexibility index (Phi) is 8.65. The van der Waals surface area contributed by atoms with Gasteiger partial charge in [0.15, 0.2) is 11.2 Å². The summed E-state index contributed by atoms with van der Waals surface area (Å²) >= 11 is 0. The summed E-state index contributed by atoms with van der Waals surface area (Å²) in [6.45, 7) is 9.92. The number of carboxylic acid groups (broad SMARTS) is 1. The molecule has 1 amide bonds. The van der Waals surface area contributed by atoms with Crippen LogP contribution in [0.4, 0.5) is 0 Å². The summed E-state index contributed by atoms with van der Waals surface area (Å²) in [4.78, 5) is 37.5. The second kappa shape index (κ2) is 12.7. The summed E-state index contributed by atoms with van der Waals surface area (Å²) in [5.41, 5.74) is 5.57. The molecule has 11 nitrogen and oxygen atoms in total. The first-order valence-corrected chi connectivity index (χ1v) is 15.9. The van der Waals surface area contributed by atoms with Crippen molar-refractivity contribution in [3.8, 4) is 17.2 Å². The SMILES string of the molecule is Cc1noc(C(C(N)=O)(c2ccc(OC3CCN(C)CC3)cc2)c2nc(C(=O)O)cc3cc(Oc4ccc(C(C)(C)C)cc4)ccc23)n1. The van der Waals surface area contributed by atoms with Gasteiger partial charge in [-0.1, -0.05) is 50.2 Å². The van der Waals surface area contributed by atoms with E-state index in [1.165, 1.54) is 6.07 Å². The number of benzene rings is 3. The van der Waals surface area contributed by atoms with Crippen LogP contribution in [0.1, 0.15) is 72.6 Å². The Balaban J connectivity index is 1.47. The highest BCUT2D eigenvalue weighted by molar-refractivity contribution is 6.01. The molecule has 48 heavy (non-hydrogen) atoms. The first-order chi connectivity index (χ1) is 22.8. The number of hydrogen-bond donors (Lipinski definition) is 2. The van der Waals surface area contributed by atoms with Gasteiger partial charge in [0.25, 0.3) is 5.89 Å². The van der Waals surface area contributed by atoms with Gasteiger partial charge >= 0.3 is 5.97 Å². The van der Waals surface area contributed by atoms with Crippen molar-refractivity contribution in [2.24, 2.45) is 5.73 Å². The molecule has 1 aliphatic heterocycles. The third-order valence-electron chi connectivity index (χ3n) is 8.81. The van der Waals surface area contributed by atoms with E-state index in [1.54, 1.807) is 49.4 Å². The number of rotatable bonds is 9. The van der Waals surface area contributed by atoms with Crippen LogP contribution >= 0.6 is 0 Å². The van der Waals surface area contributed by atoms with E-state index in [4.69, 9.17) is 19.7 Å². The third kappa shape index (κ3) is 6.33. The molecule has 11 heteroatoms. The van der Waals surface area contributed by atoms with Crippen LogP contribution in [0, 0.1) is 6.92 Å². The predicted molar refractivity (Wildman–Crippen MR) is 180 cm³/mol. The minimum absolute atomic E-state index is 0.0119. The first kappa shape index (κ1) is 32.6. The standard InChI is InChI=1S/C37H39N5O6/c1-22-39-35(48-41-22)37(34(38)45,25-8-12-26(13-9-25)46-28-16-18-42(5)19-17-28)32-30-15-14-29(20-23(30)21-31(40-32)33(43)44)47-27-10-6-24(7-11-27)36(2,3)4/h6-15,20-21,28H,16-19H2,1-5H3,(H2,38,45)(H,43,44). The lowest BCUT2D eigenvalue weighted by Crippen LogP contribution is -2.45. The Morgan fingerprint density at radius 2 is 1.52 bits per heavy atom. The van der Waals surface area contributed by atoms with Crippen molar-refractivity contribution in [2.45, 2.75) is 57.5 Å². The molecule has 0 radical (unpaired) electrons. The molecule has 0 saturated carbocycles. The van der Waals surface area contributed by atoms with Crippen molar-refractivity contribution in [3.63, 3.8) is 0 Å². The van der Waals surface area contributed by atoms with E-state index in [1.807, 2.05) is 24.3 Å². The number of pyridine rings is 1. The van der Waals surface area contributed by atoms with Crippen LogP contribution in [0.2, 0.25) is 0 Å². The second-order valence-electron chi connectivity index (χ2n) is 13.3. The summed E-state index contributed by atoms with van der Waals surface area (Å²) in [6, 6.07) is 21.3. The van der Waals surface area contributed by atoms with Gasteiger partial charge in [0.2, 0.25) is 5.91 Å². The number of aryl methyl sites for hydroxylation is 1. The molecular formula is C37H39N5O6. The van der Waals surface area contributed by atoms with Crippen molar-refractivity contribution < 1.29 is 28.7 Å². The summed E-state index contributed by atoms with van der Waals surface area (Å²) in [5, 5.41) is 15.0. The van der Waals surface area contributed by atoms with Crippen molar-refractivity contribution in [3.05, 3.63) is 107 Å². The van der Waals surface area contributed by atoms with E-state index in [0.717, 1.165) is 31.5 Å². The molecule has 5 aromatic rings. The van der Waals surface area contributed by atoms with Crippen molar-refractivity contribution >= 4 is 22.6 Å². The number of carboxylic acids is 1. The number of piperidine rings is 1. The van der Waals surface area contributed by atoms with E-state index in [0.29, 0.717) is 33.6 Å². The molecule has 0 bridgehead atoms. The molecule has 0 spiro atoms. The van der Waals surface area contributed by atoms with Crippen molar-refractivity contribution in [1.82, 2.24) is 20.0 Å². The van der Waals surface area contributed by atoms with Crippen molar-refractivity contribution in [1.29, 1.82) is 0 Å². The average molecular weight is 650 g/mol. The highest BCUT2D eigenvalue weighted by atomic mass is 16.5. The molecule has 6 rings (SSSR count). The number of hydrogen-bond acceptors (Lipinski definition) is 9. The number of nitrogens with zero attached hydrogens (tertiary/aromatic N) is 4. The van der Waals surface area contributed by atoms with Gasteiger partial charge in [-0.2, -0.15) is 4.98 Å². The Morgan fingerprint density at radius 3 is 2.10 bits per heavy atom. The van der Waals surface area contributed by atoms with Crippen LogP contribution in [0.3, 0.4) is 0 Å². The smallest absolute Gasteiger partial charge is 0.354 e. The minimum atomic E-state index is -1.94. The molecule has 3 heterocycles. The van der Waals surface area contributed by atoms with Crippen LogP contribution in [-0.4, -0.2) is 63.2 Å². The number of carbonyl (C=O) groups is 2. The highest BCUT2D eigenvalue weighted by Gasteiger charge is 2.50. The summed E-state index contributed by atoms with van der Waals surface area (Å²) < 4.78 is 18.1. The Labute approximate surface area is 278 Å². The lowest BCUT2D eigenvalue weighted by Gasteiger charge is -2.30. The molecule has 1 unspecified atom stereocenters. The zero-order chi connectivity index (χ0) is 34.2. The summed E-state index contributed by atoms with van der Waals surface area (Å²) in [7, 11) is 2.09. The molecule has 3 aromatic carbocycles. The number of amides is 1. The maximum Gasteiger partial charge on any atom is 0.354 e. The fourth-order valence-electron chi connectivity index (χ4n) is 6.11. The van der Waals surface area contributed by atoms with Gasteiger partial charge in [-0.05, 0) is 97.3 Å². The average Bonchev–Trinajstić information content (AvgIpc) is 3.48. The van der Waals surface area contributed by atoms with Crippen molar-refractivity contribution in [2.75, 3.05) is 20.1 Å². The number of aromatic carboxylic acids is 1. The van der Waals surface area contributed by atoms with E-state index in [9.17, 15) is 14.7 Å². The van der Waals surface area contributed by atoms with E-state index in [2.05, 4.69) is 47.8 Å². The third-order valence-corrected chi connectivity index (χ3v) is 8.81. The predicted octanol–water partition coefficient (Wildman–Crippen LogP) is 6.01. The summed E-state index contributed by atoms with van der Waals surface area (Å²) in [5.74, 6) is -0.312. The molecule has 1 aliphatic rings. The number of fused-ring (bicyclic) bond motifs is 1. The number of likely N-dealkylation sites (tertiary alicyclic amines) is 1. The zero-order valence-corrected chi connectivity index (χ0v) is 27.7. The number of ether oxygens (including phenoxy) is 2. The Morgan fingerprint density at radius 1 is 0.896 bits per heavy atom. The molecule has 2 aromatic heterocycles. The van der Waals surface area contributed by atoms with Crippen LogP contribution < -0.4 is 15.2 Å². The van der Waals surface area contributed by atoms with Gasteiger partial charge in [0.1, 0.15) is 29.0 Å². The molecule has 0 aliphatic carbocycles. The fourth-order valence-corrected chi connectivity index (χ4v) is 6.11. The van der Waals surface area contributed by atoms with Crippen LogP contribution in [0.15, 0.2) is 77.3 Å². The maximum absolute atomic E-state index is 13.8. The van der Waals surface area contributed by atoms with E-state index >= 15 is 0 Å². The minimum Gasteiger partial charge on any atom is -0.490 e. The Hall–Kier alpha value is -5.29. The molecular weight excluding hydrogens is 610 g/mol. The molecule has 1 fully saturated rings. The van der Waals surface area contributed by atoms with Crippen LogP contribution in [-0.2, 0) is 15.6 Å². The van der Waals surface area contributed by atoms with E-state index < -0.39 is 17.3 Å². The largest absolute Gasteiger partial charge is 0.490 e. The second-order valence-corrected chi connectivity index (χ2v) is 13.3. The van der Waals surface area contributed by atoms with Crippen LogP contribution in [0.25, 0.3) is 10.8 Å². The lowest BCUT2D eigenvalue weighted by molar-refractivity contribution is -0.121. The molecule has 3 N–H and O–H groups in total. The monoisotopic (exact) mass is 649 g/mol. The zero-order valence-electron chi connectivity index (χ0n) is 27.7. The lowest BCUT2D eigenvalue weighted by atomic mass is 9.74. The van der Waals surface area contributed by atoms with Crippen LogP contribution in [0.5, 0.6) is 17.2 Å². The van der Waals surface area contributed by atoms with Gasteiger partial charge in [-0.15, -0.1) is 0 Å². The van der Waals surface area contributed by atoms with Gasteiger partial charge in [0.05, 0.1) is 5.69 Å². The quantitative estimate of drug-likeness (QED) is 0.194. The number of aromatic nitrogens is 3. The fraction of sp³-hybridized carbons (Fsp3) is 0.324. The first-order valence-electron chi connectivity index (χ1n) is 15.9. The van der Waals surface area contributed by atoms with Gasteiger partial charge in [-0.25, -0.2) is 9.78 Å². The number of nitrogens with two attached hydrogens (primary N) is 1. The number of carbonyl (C=O) groups excluding carboxylic acids is 1.